The van der Waals surface area contributed by atoms with Crippen molar-refractivity contribution in [1.29, 1.82) is 0 Å². The van der Waals surface area contributed by atoms with Gasteiger partial charge in [0.25, 0.3) is 0 Å². The molecule has 3 aliphatic rings. The number of rotatable bonds is 1. The maximum Gasteiger partial charge on any atom is 0.172 e. The van der Waals surface area contributed by atoms with E-state index < -0.39 is 5.60 Å². The maximum atomic E-state index is 12.4. The summed E-state index contributed by atoms with van der Waals surface area (Å²) in [6.07, 6.45) is 2.95. The fourth-order valence-corrected chi connectivity index (χ4v) is 3.52. The van der Waals surface area contributed by atoms with E-state index in [0.717, 1.165) is 12.0 Å². The third-order valence-electron chi connectivity index (χ3n) is 4.60. The molecule has 94 valence electrons. The average Bonchev–Trinajstić information content (AvgIpc) is 2.36. The lowest BCUT2D eigenvalue weighted by atomic mass is 9.57. The predicted octanol–water partition coefficient (Wildman–Crippen LogP) is 2.69. The van der Waals surface area contributed by atoms with Gasteiger partial charge in [0.1, 0.15) is 5.60 Å². The predicted molar refractivity (Wildman–Crippen MR) is 70.2 cm³/mol. The van der Waals surface area contributed by atoms with E-state index in [1.54, 1.807) is 6.92 Å². The van der Waals surface area contributed by atoms with Crippen molar-refractivity contribution in [3.63, 3.8) is 0 Å². The first-order chi connectivity index (χ1) is 8.51. The van der Waals surface area contributed by atoms with Crippen molar-refractivity contribution in [2.45, 2.75) is 31.8 Å². The third-order valence-corrected chi connectivity index (χ3v) is 4.60. The lowest BCUT2D eigenvalue weighted by molar-refractivity contribution is -0.150. The van der Waals surface area contributed by atoms with E-state index in [4.69, 9.17) is 0 Å². The minimum atomic E-state index is -1.17. The summed E-state index contributed by atoms with van der Waals surface area (Å²) >= 11 is 0. The van der Waals surface area contributed by atoms with Crippen LogP contribution in [-0.4, -0.2) is 16.5 Å². The summed E-state index contributed by atoms with van der Waals surface area (Å²) in [6.45, 7) is 3.68. The molecule has 0 amide bonds. The molecule has 4 rings (SSSR count). The van der Waals surface area contributed by atoms with Gasteiger partial charge >= 0.3 is 0 Å². The first-order valence-corrected chi connectivity index (χ1v) is 6.51. The largest absolute Gasteiger partial charge is 0.382 e. The molecular formula is C16H18O2. The Kier molecular flexibility index (Phi) is 2.46. The molecule has 0 radical (unpaired) electrons. The Bertz CT molecular complexity index is 513. The smallest absolute Gasteiger partial charge is 0.172 e. The molecule has 18 heavy (non-hydrogen) atoms. The van der Waals surface area contributed by atoms with Gasteiger partial charge in [-0.3, -0.25) is 4.79 Å². The Morgan fingerprint density at radius 2 is 1.94 bits per heavy atom. The fourth-order valence-electron chi connectivity index (χ4n) is 3.52. The van der Waals surface area contributed by atoms with Gasteiger partial charge < -0.3 is 5.11 Å². The zero-order chi connectivity index (χ0) is 12.9. The summed E-state index contributed by atoms with van der Waals surface area (Å²) in [5.74, 6) is 0.0362. The topological polar surface area (TPSA) is 37.3 Å². The van der Waals surface area contributed by atoms with Crippen molar-refractivity contribution in [2.75, 3.05) is 0 Å². The molecule has 1 saturated carbocycles. The molecule has 0 spiro atoms. The van der Waals surface area contributed by atoms with Crippen molar-refractivity contribution in [2.24, 2.45) is 11.8 Å². The molecule has 1 fully saturated rings. The van der Waals surface area contributed by atoms with E-state index in [-0.39, 0.29) is 23.5 Å². The molecule has 0 aliphatic heterocycles. The highest BCUT2D eigenvalue weighted by Gasteiger charge is 2.53. The molecule has 2 nitrogen and oxygen atoms in total. The Morgan fingerprint density at radius 3 is 2.56 bits per heavy atom. The van der Waals surface area contributed by atoms with Gasteiger partial charge in [0.15, 0.2) is 5.78 Å². The number of ketones is 1. The van der Waals surface area contributed by atoms with Gasteiger partial charge in [-0.2, -0.15) is 0 Å². The van der Waals surface area contributed by atoms with E-state index in [2.05, 4.69) is 18.2 Å². The van der Waals surface area contributed by atoms with Crippen LogP contribution in [-0.2, 0) is 4.79 Å². The van der Waals surface area contributed by atoms with Crippen LogP contribution in [0, 0.1) is 11.8 Å². The molecule has 0 saturated heterocycles. The molecular weight excluding hydrogens is 224 g/mol. The van der Waals surface area contributed by atoms with E-state index in [9.17, 15) is 9.90 Å². The quantitative estimate of drug-likeness (QED) is 0.769. The maximum absolute atomic E-state index is 12.4. The molecule has 3 unspecified atom stereocenters. The monoisotopic (exact) mass is 242 g/mol. The molecule has 1 aromatic rings. The molecule has 0 heterocycles. The van der Waals surface area contributed by atoms with E-state index in [1.807, 2.05) is 25.1 Å². The Hall–Kier alpha value is -1.41. The van der Waals surface area contributed by atoms with Crippen LogP contribution in [0.3, 0.4) is 0 Å². The highest BCUT2D eigenvalue weighted by molar-refractivity contribution is 5.94. The average molecular weight is 242 g/mol. The minimum Gasteiger partial charge on any atom is -0.382 e. The Labute approximate surface area is 107 Å². The summed E-state index contributed by atoms with van der Waals surface area (Å²) in [5.41, 5.74) is 1.16. The van der Waals surface area contributed by atoms with E-state index in [1.165, 1.54) is 5.56 Å². The number of benzene rings is 1. The number of hydrogen-bond donors (Lipinski definition) is 1. The van der Waals surface area contributed by atoms with Crippen LogP contribution in [0.15, 0.2) is 42.0 Å². The molecule has 0 aromatic heterocycles. The van der Waals surface area contributed by atoms with Gasteiger partial charge in [-0.15, -0.1) is 0 Å². The van der Waals surface area contributed by atoms with Gasteiger partial charge in [0.2, 0.25) is 0 Å². The molecule has 3 aliphatic carbocycles. The van der Waals surface area contributed by atoms with Crippen molar-refractivity contribution >= 4 is 5.78 Å². The first kappa shape index (κ1) is 11.7. The van der Waals surface area contributed by atoms with Crippen molar-refractivity contribution in [3.05, 3.63) is 47.5 Å². The van der Waals surface area contributed by atoms with Crippen LogP contribution < -0.4 is 0 Å². The van der Waals surface area contributed by atoms with Crippen LogP contribution in [0.1, 0.15) is 31.7 Å². The van der Waals surface area contributed by atoms with Crippen LogP contribution in [0.5, 0.6) is 0 Å². The second-order valence-corrected chi connectivity index (χ2v) is 5.76. The SMILES string of the molecule is CC1=CC2CC(c3ccccc3)[C@@H]1C(=O)C2(C)O. The number of hydrogen-bond acceptors (Lipinski definition) is 2. The third kappa shape index (κ3) is 1.49. The lowest BCUT2D eigenvalue weighted by Gasteiger charge is -2.48. The second-order valence-electron chi connectivity index (χ2n) is 5.76. The summed E-state index contributed by atoms with van der Waals surface area (Å²) in [5, 5.41) is 10.3. The summed E-state index contributed by atoms with van der Waals surface area (Å²) in [6, 6.07) is 10.2. The van der Waals surface area contributed by atoms with Crippen LogP contribution in [0.4, 0.5) is 0 Å². The van der Waals surface area contributed by atoms with Crippen LogP contribution in [0.25, 0.3) is 0 Å². The highest BCUT2D eigenvalue weighted by atomic mass is 16.3. The number of carbonyl (C=O) groups is 1. The second kappa shape index (κ2) is 3.79. The van der Waals surface area contributed by atoms with Crippen molar-refractivity contribution < 1.29 is 9.90 Å². The zero-order valence-electron chi connectivity index (χ0n) is 10.8. The molecule has 4 atom stereocenters. The van der Waals surface area contributed by atoms with Gasteiger partial charge in [-0.1, -0.05) is 42.0 Å². The van der Waals surface area contributed by atoms with E-state index >= 15 is 0 Å². The van der Waals surface area contributed by atoms with Gasteiger partial charge in [0, 0.05) is 11.8 Å². The molecule has 2 bridgehead atoms. The molecule has 1 aromatic carbocycles. The standard InChI is InChI=1S/C16H18O2/c1-10-8-12-9-13(11-6-4-3-5-7-11)14(10)15(17)16(12,2)18/h3-8,12-14,18H,9H2,1-2H3/t12?,13?,14-,16?/m1/s1. The number of allylic oxidation sites excluding steroid dienone is 1. The molecule has 2 heteroatoms. The minimum absolute atomic E-state index is 0.00685. The Morgan fingerprint density at radius 1 is 1.28 bits per heavy atom. The van der Waals surface area contributed by atoms with Gasteiger partial charge in [-0.25, -0.2) is 0 Å². The number of fused-ring (bicyclic) bond motifs is 2. The van der Waals surface area contributed by atoms with Crippen molar-refractivity contribution in [3.8, 4) is 0 Å². The number of Topliss-reactive ketones (excluding diaryl/α,β-unsaturated/α-hetero) is 1. The number of carbonyl (C=O) groups excluding carboxylic acids is 1. The Balaban J connectivity index is 2.04. The van der Waals surface area contributed by atoms with Gasteiger partial charge in [0.05, 0.1) is 0 Å². The first-order valence-electron chi connectivity index (χ1n) is 6.51. The zero-order valence-corrected chi connectivity index (χ0v) is 10.8. The van der Waals surface area contributed by atoms with Crippen LogP contribution in [0.2, 0.25) is 0 Å². The summed E-state index contributed by atoms with van der Waals surface area (Å²) in [7, 11) is 0. The summed E-state index contributed by atoms with van der Waals surface area (Å²) < 4.78 is 0. The molecule has 1 N–H and O–H groups in total. The lowest BCUT2D eigenvalue weighted by Crippen LogP contribution is -2.55. The van der Waals surface area contributed by atoms with Crippen molar-refractivity contribution in [1.82, 2.24) is 0 Å². The van der Waals surface area contributed by atoms with E-state index in [0.29, 0.717) is 0 Å². The fraction of sp³-hybridized carbons (Fsp3) is 0.438. The number of aliphatic hydroxyl groups is 1. The van der Waals surface area contributed by atoms with Crippen LogP contribution >= 0.6 is 0 Å². The summed E-state index contributed by atoms with van der Waals surface area (Å²) in [4.78, 5) is 12.4. The normalized spacial score (nSPS) is 38.7. The highest BCUT2D eigenvalue weighted by Crippen LogP contribution is 2.51. The van der Waals surface area contributed by atoms with Gasteiger partial charge in [-0.05, 0) is 31.7 Å².